The third kappa shape index (κ3) is 4.23. The highest BCUT2D eigenvalue weighted by atomic mass is 19.1. The number of imidazole rings is 1. The van der Waals surface area contributed by atoms with Gasteiger partial charge in [0.05, 0.1) is 23.4 Å². The number of carbonyl (C=O) groups excluding carboxylic acids is 1. The molecule has 1 aliphatic heterocycles. The summed E-state index contributed by atoms with van der Waals surface area (Å²) in [6.45, 7) is 2.62. The standard InChI is InChI=1S/C27H23FN4O2/c1-2-5-25(33)31-14-4-8-23(31)27-30-26(24-17-29-13-15-32(24)27)20-9-11-22(12-10-20)34-18-19-6-3-7-21(28)16-19/h3,6-7,9-13,15-17,23H,4,8,14,18H2,1H3/t23-/m0/s1. The summed E-state index contributed by atoms with van der Waals surface area (Å²) in [5, 5.41) is 0. The highest BCUT2D eigenvalue weighted by Crippen LogP contribution is 2.35. The van der Waals surface area contributed by atoms with Gasteiger partial charge in [0.15, 0.2) is 0 Å². The molecule has 2 aromatic carbocycles. The summed E-state index contributed by atoms with van der Waals surface area (Å²) in [6.07, 6.45) is 7.13. The number of rotatable bonds is 5. The summed E-state index contributed by atoms with van der Waals surface area (Å²) in [6, 6.07) is 13.9. The van der Waals surface area contributed by atoms with E-state index in [9.17, 15) is 9.18 Å². The molecule has 5 rings (SSSR count). The maximum atomic E-state index is 13.4. The number of benzene rings is 2. The average molecular weight is 455 g/mol. The SMILES string of the molecule is CC#CC(=O)N1CCC[C@H]1c1nc(-c2ccc(OCc3cccc(F)c3)cc2)c2cnccn12. The normalized spacial score (nSPS) is 15.2. The minimum atomic E-state index is -0.281. The first-order valence-electron chi connectivity index (χ1n) is 11.2. The van der Waals surface area contributed by atoms with Crippen LogP contribution >= 0.6 is 0 Å². The number of halogens is 1. The van der Waals surface area contributed by atoms with Crippen LogP contribution in [-0.2, 0) is 11.4 Å². The van der Waals surface area contributed by atoms with Gasteiger partial charge in [0.25, 0.3) is 5.91 Å². The van der Waals surface area contributed by atoms with Crippen molar-refractivity contribution in [1.82, 2.24) is 19.3 Å². The van der Waals surface area contributed by atoms with E-state index in [0.717, 1.165) is 41.0 Å². The molecule has 6 nitrogen and oxygen atoms in total. The first-order valence-corrected chi connectivity index (χ1v) is 11.2. The van der Waals surface area contributed by atoms with Crippen LogP contribution in [0.4, 0.5) is 4.39 Å². The van der Waals surface area contributed by atoms with Crippen molar-refractivity contribution < 1.29 is 13.9 Å². The molecule has 34 heavy (non-hydrogen) atoms. The van der Waals surface area contributed by atoms with E-state index in [1.807, 2.05) is 40.9 Å². The van der Waals surface area contributed by atoms with Gasteiger partial charge in [0, 0.05) is 24.5 Å². The largest absolute Gasteiger partial charge is 0.489 e. The van der Waals surface area contributed by atoms with Crippen LogP contribution in [0.3, 0.4) is 0 Å². The second-order valence-electron chi connectivity index (χ2n) is 8.12. The number of amides is 1. The molecule has 1 atom stereocenters. The fraction of sp³-hybridized carbons (Fsp3) is 0.222. The molecule has 0 bridgehead atoms. The van der Waals surface area contributed by atoms with Crippen LogP contribution in [0.25, 0.3) is 16.8 Å². The average Bonchev–Trinajstić information content (AvgIpc) is 3.48. The van der Waals surface area contributed by atoms with Gasteiger partial charge in [-0.3, -0.25) is 14.2 Å². The second-order valence-corrected chi connectivity index (χ2v) is 8.12. The summed E-state index contributed by atoms with van der Waals surface area (Å²) < 4.78 is 21.2. The molecule has 170 valence electrons. The third-order valence-corrected chi connectivity index (χ3v) is 5.94. The minimum absolute atomic E-state index is 0.133. The lowest BCUT2D eigenvalue weighted by molar-refractivity contribution is -0.126. The van der Waals surface area contributed by atoms with Gasteiger partial charge in [-0.05, 0) is 67.6 Å². The Labute approximate surface area is 197 Å². The van der Waals surface area contributed by atoms with Crippen LogP contribution in [0.5, 0.6) is 5.75 Å². The van der Waals surface area contributed by atoms with Gasteiger partial charge in [-0.25, -0.2) is 9.37 Å². The molecule has 4 aromatic rings. The molecule has 7 heteroatoms. The van der Waals surface area contributed by atoms with E-state index < -0.39 is 0 Å². The Bertz CT molecular complexity index is 1400. The quantitative estimate of drug-likeness (QED) is 0.407. The van der Waals surface area contributed by atoms with Crippen molar-refractivity contribution in [3.8, 4) is 28.8 Å². The van der Waals surface area contributed by atoms with Crippen molar-refractivity contribution in [2.45, 2.75) is 32.4 Å². The highest BCUT2D eigenvalue weighted by molar-refractivity contribution is 5.94. The molecular weight excluding hydrogens is 431 g/mol. The van der Waals surface area contributed by atoms with Crippen LogP contribution in [0.1, 0.15) is 37.2 Å². The van der Waals surface area contributed by atoms with Gasteiger partial charge < -0.3 is 9.64 Å². The number of fused-ring (bicyclic) bond motifs is 1. The van der Waals surface area contributed by atoms with Crippen LogP contribution in [0, 0.1) is 17.7 Å². The number of aromatic nitrogens is 3. The van der Waals surface area contributed by atoms with Crippen molar-refractivity contribution >= 4 is 11.4 Å². The fourth-order valence-corrected chi connectivity index (χ4v) is 4.37. The first kappa shape index (κ1) is 21.7. The van der Waals surface area contributed by atoms with E-state index in [1.165, 1.54) is 12.1 Å². The summed E-state index contributed by atoms with van der Waals surface area (Å²) in [5.41, 5.74) is 3.34. The Balaban J connectivity index is 1.43. The third-order valence-electron chi connectivity index (χ3n) is 5.94. The van der Waals surface area contributed by atoms with Gasteiger partial charge in [0.2, 0.25) is 0 Å². The van der Waals surface area contributed by atoms with E-state index in [4.69, 9.17) is 9.72 Å². The van der Waals surface area contributed by atoms with Crippen molar-refractivity contribution in [2.75, 3.05) is 6.54 Å². The van der Waals surface area contributed by atoms with Gasteiger partial charge in [0.1, 0.15) is 24.0 Å². The molecular formula is C27H23FN4O2. The predicted octanol–water partition coefficient (Wildman–Crippen LogP) is 4.80. The maximum absolute atomic E-state index is 13.4. The molecule has 0 aliphatic carbocycles. The Morgan fingerprint density at radius 1 is 1.24 bits per heavy atom. The van der Waals surface area contributed by atoms with E-state index >= 15 is 0 Å². The molecule has 1 amide bonds. The van der Waals surface area contributed by atoms with Crippen LogP contribution in [0.15, 0.2) is 67.1 Å². The van der Waals surface area contributed by atoms with Crippen LogP contribution in [-0.4, -0.2) is 31.7 Å². The molecule has 0 N–H and O–H groups in total. The molecule has 3 heterocycles. The number of hydrogen-bond acceptors (Lipinski definition) is 4. The van der Waals surface area contributed by atoms with Crippen molar-refractivity contribution in [3.63, 3.8) is 0 Å². The zero-order valence-corrected chi connectivity index (χ0v) is 18.7. The first-order chi connectivity index (χ1) is 16.6. The lowest BCUT2D eigenvalue weighted by Gasteiger charge is -2.21. The van der Waals surface area contributed by atoms with Crippen LogP contribution in [0.2, 0.25) is 0 Å². The Morgan fingerprint density at radius 3 is 2.88 bits per heavy atom. The predicted molar refractivity (Wildman–Crippen MR) is 126 cm³/mol. The van der Waals surface area contributed by atoms with E-state index in [0.29, 0.717) is 12.3 Å². The maximum Gasteiger partial charge on any atom is 0.299 e. The number of hydrogen-bond donors (Lipinski definition) is 0. The molecule has 0 saturated carbocycles. The van der Waals surface area contributed by atoms with E-state index in [2.05, 4.69) is 16.8 Å². The lowest BCUT2D eigenvalue weighted by Crippen LogP contribution is -2.30. The monoisotopic (exact) mass is 454 g/mol. The molecule has 1 fully saturated rings. The Morgan fingerprint density at radius 2 is 2.09 bits per heavy atom. The number of ether oxygens (including phenoxy) is 1. The molecule has 1 saturated heterocycles. The summed E-state index contributed by atoms with van der Waals surface area (Å²) in [7, 11) is 0. The summed E-state index contributed by atoms with van der Waals surface area (Å²) in [4.78, 5) is 23.6. The highest BCUT2D eigenvalue weighted by Gasteiger charge is 2.33. The topological polar surface area (TPSA) is 59.7 Å². The van der Waals surface area contributed by atoms with Crippen molar-refractivity contribution in [3.05, 3.63) is 84.3 Å². The number of carbonyl (C=O) groups is 1. The molecule has 0 unspecified atom stereocenters. The van der Waals surface area contributed by atoms with Gasteiger partial charge >= 0.3 is 0 Å². The van der Waals surface area contributed by atoms with Crippen LogP contribution < -0.4 is 4.74 Å². The van der Waals surface area contributed by atoms with E-state index in [-0.39, 0.29) is 24.4 Å². The molecule has 0 radical (unpaired) electrons. The Kier molecular flexibility index (Phi) is 5.96. The zero-order chi connectivity index (χ0) is 23.5. The van der Waals surface area contributed by atoms with Crippen molar-refractivity contribution in [1.29, 1.82) is 0 Å². The molecule has 2 aromatic heterocycles. The smallest absolute Gasteiger partial charge is 0.299 e. The van der Waals surface area contributed by atoms with Gasteiger partial charge in [-0.2, -0.15) is 0 Å². The Hall–Kier alpha value is -4.18. The lowest BCUT2D eigenvalue weighted by atomic mass is 10.1. The number of nitrogens with zero attached hydrogens (tertiary/aromatic N) is 4. The molecule has 1 aliphatic rings. The van der Waals surface area contributed by atoms with Gasteiger partial charge in [-0.1, -0.05) is 18.1 Å². The minimum Gasteiger partial charge on any atom is -0.489 e. The van der Waals surface area contributed by atoms with E-state index in [1.54, 1.807) is 30.3 Å². The summed E-state index contributed by atoms with van der Waals surface area (Å²) >= 11 is 0. The second kappa shape index (κ2) is 9.36. The zero-order valence-electron chi connectivity index (χ0n) is 18.7. The van der Waals surface area contributed by atoms with Gasteiger partial charge in [-0.15, -0.1) is 0 Å². The molecule has 0 spiro atoms. The number of likely N-dealkylation sites (tertiary alicyclic amines) is 1. The van der Waals surface area contributed by atoms with Crippen molar-refractivity contribution in [2.24, 2.45) is 0 Å². The summed E-state index contributed by atoms with van der Waals surface area (Å²) in [5.74, 6) is 6.40. The fourth-order valence-electron chi connectivity index (χ4n) is 4.37.